The van der Waals surface area contributed by atoms with Gasteiger partial charge in [-0.1, -0.05) is 0 Å². The molecule has 0 spiro atoms. The van der Waals surface area contributed by atoms with Crippen molar-refractivity contribution in [1.82, 2.24) is 4.90 Å². The predicted molar refractivity (Wildman–Crippen MR) is 107 cm³/mol. The third-order valence-corrected chi connectivity index (χ3v) is 5.45. The van der Waals surface area contributed by atoms with Crippen LogP contribution in [0.25, 0.3) is 0 Å². The van der Waals surface area contributed by atoms with Crippen molar-refractivity contribution in [3.63, 3.8) is 0 Å². The zero-order chi connectivity index (χ0) is 20.3. The lowest BCUT2D eigenvalue weighted by atomic mass is 9.94. The Bertz CT molecular complexity index is 715. The van der Waals surface area contributed by atoms with Crippen LogP contribution in [0.5, 0.6) is 0 Å². The maximum Gasteiger partial charge on any atom is 0.329 e. The number of carbonyl (C=O) groups is 3. The second-order valence-electron chi connectivity index (χ2n) is 8.69. The highest BCUT2D eigenvalue weighted by Gasteiger charge is 2.39. The minimum atomic E-state index is -0.543. The standard InChI is InChI=1S/C22H30N2O4/c1-22(2,3)28-21(27)19-5-4-12-24(19)20(26)17-10-13-23(14-11-17)18-8-6-16(15-25)7-9-18/h6-9,15,17,19H,4-5,10-14H2,1-3H3/t19-/m1/s1. The number of carbonyl (C=O) groups excluding carboxylic acids is 3. The molecule has 2 saturated heterocycles. The summed E-state index contributed by atoms with van der Waals surface area (Å²) < 4.78 is 5.52. The van der Waals surface area contributed by atoms with Gasteiger partial charge in [0, 0.05) is 36.8 Å². The number of rotatable bonds is 4. The second-order valence-corrected chi connectivity index (χ2v) is 8.69. The maximum absolute atomic E-state index is 13.1. The van der Waals surface area contributed by atoms with Crippen molar-refractivity contribution >= 4 is 23.9 Å². The Hall–Kier alpha value is -2.37. The zero-order valence-corrected chi connectivity index (χ0v) is 17.0. The summed E-state index contributed by atoms with van der Waals surface area (Å²) in [5.74, 6) is -0.246. The first-order valence-electron chi connectivity index (χ1n) is 10.1. The summed E-state index contributed by atoms with van der Waals surface area (Å²) >= 11 is 0. The van der Waals surface area contributed by atoms with Gasteiger partial charge in [-0.2, -0.15) is 0 Å². The lowest BCUT2D eigenvalue weighted by Crippen LogP contribution is -2.48. The van der Waals surface area contributed by atoms with E-state index in [1.54, 1.807) is 4.90 Å². The number of hydrogen-bond acceptors (Lipinski definition) is 5. The average Bonchev–Trinajstić information content (AvgIpc) is 3.16. The second kappa shape index (κ2) is 8.33. The van der Waals surface area contributed by atoms with E-state index in [4.69, 9.17) is 4.74 Å². The number of hydrogen-bond donors (Lipinski definition) is 0. The van der Waals surface area contributed by atoms with E-state index in [1.165, 1.54) is 0 Å². The van der Waals surface area contributed by atoms with Crippen LogP contribution in [0.15, 0.2) is 24.3 Å². The summed E-state index contributed by atoms with van der Waals surface area (Å²) in [7, 11) is 0. The van der Waals surface area contributed by atoms with Crippen molar-refractivity contribution in [2.24, 2.45) is 5.92 Å². The smallest absolute Gasteiger partial charge is 0.329 e. The third-order valence-electron chi connectivity index (χ3n) is 5.45. The number of aldehydes is 1. The van der Waals surface area contributed by atoms with Crippen LogP contribution in [0.4, 0.5) is 5.69 Å². The maximum atomic E-state index is 13.1. The number of esters is 1. The van der Waals surface area contributed by atoms with Gasteiger partial charge >= 0.3 is 5.97 Å². The normalized spacial score (nSPS) is 20.9. The Balaban J connectivity index is 1.58. The molecule has 2 heterocycles. The first-order chi connectivity index (χ1) is 13.3. The highest BCUT2D eigenvalue weighted by atomic mass is 16.6. The summed E-state index contributed by atoms with van der Waals surface area (Å²) in [5, 5.41) is 0. The monoisotopic (exact) mass is 386 g/mol. The van der Waals surface area contributed by atoms with Crippen LogP contribution in [0.2, 0.25) is 0 Å². The molecular formula is C22H30N2O4. The zero-order valence-electron chi connectivity index (χ0n) is 17.0. The molecule has 0 aromatic heterocycles. The average molecular weight is 386 g/mol. The van der Waals surface area contributed by atoms with E-state index in [0.29, 0.717) is 18.5 Å². The fraction of sp³-hybridized carbons (Fsp3) is 0.591. The van der Waals surface area contributed by atoms with E-state index in [-0.39, 0.29) is 17.8 Å². The van der Waals surface area contributed by atoms with E-state index < -0.39 is 11.6 Å². The minimum absolute atomic E-state index is 0.0477. The Kier molecular flexibility index (Phi) is 6.06. The van der Waals surface area contributed by atoms with Gasteiger partial charge in [0.15, 0.2) is 0 Å². The van der Waals surface area contributed by atoms with Gasteiger partial charge in [-0.15, -0.1) is 0 Å². The van der Waals surface area contributed by atoms with E-state index in [2.05, 4.69) is 4.90 Å². The van der Waals surface area contributed by atoms with E-state index in [1.807, 2.05) is 45.0 Å². The quantitative estimate of drug-likeness (QED) is 0.588. The van der Waals surface area contributed by atoms with Crippen LogP contribution in [0.3, 0.4) is 0 Å². The molecule has 2 aliphatic rings. The first-order valence-corrected chi connectivity index (χ1v) is 10.1. The van der Waals surface area contributed by atoms with Gasteiger partial charge in [0.2, 0.25) is 5.91 Å². The largest absolute Gasteiger partial charge is 0.458 e. The van der Waals surface area contributed by atoms with Crippen LogP contribution < -0.4 is 4.90 Å². The van der Waals surface area contributed by atoms with Gasteiger partial charge in [-0.3, -0.25) is 9.59 Å². The van der Waals surface area contributed by atoms with Gasteiger partial charge in [-0.05, 0) is 70.7 Å². The predicted octanol–water partition coefficient (Wildman–Crippen LogP) is 3.05. The Morgan fingerprint density at radius 2 is 1.68 bits per heavy atom. The summed E-state index contributed by atoms with van der Waals surface area (Å²) in [6.45, 7) is 7.77. The summed E-state index contributed by atoms with van der Waals surface area (Å²) in [5.41, 5.74) is 1.19. The Labute approximate surface area is 166 Å². The molecular weight excluding hydrogens is 356 g/mol. The van der Waals surface area contributed by atoms with E-state index in [0.717, 1.165) is 44.3 Å². The number of ether oxygens (including phenoxy) is 1. The molecule has 0 radical (unpaired) electrons. The summed E-state index contributed by atoms with van der Waals surface area (Å²) in [6, 6.07) is 7.08. The van der Waals surface area contributed by atoms with Crippen molar-refractivity contribution < 1.29 is 19.1 Å². The first kappa shape index (κ1) is 20.4. The fourth-order valence-corrected chi connectivity index (χ4v) is 4.03. The van der Waals surface area contributed by atoms with Gasteiger partial charge in [0.25, 0.3) is 0 Å². The molecule has 28 heavy (non-hydrogen) atoms. The number of likely N-dealkylation sites (tertiary alicyclic amines) is 1. The highest BCUT2D eigenvalue weighted by Crippen LogP contribution is 2.28. The summed E-state index contributed by atoms with van der Waals surface area (Å²) in [4.78, 5) is 40.4. The minimum Gasteiger partial charge on any atom is -0.458 e. The Morgan fingerprint density at radius 1 is 1.04 bits per heavy atom. The summed E-state index contributed by atoms with van der Waals surface area (Å²) in [6.07, 6.45) is 3.91. The third kappa shape index (κ3) is 4.72. The van der Waals surface area contributed by atoms with Crippen LogP contribution in [-0.2, 0) is 14.3 Å². The van der Waals surface area contributed by atoms with Crippen molar-refractivity contribution in [2.45, 2.75) is 58.1 Å². The molecule has 1 amide bonds. The topological polar surface area (TPSA) is 66.9 Å². The van der Waals surface area contributed by atoms with E-state index >= 15 is 0 Å². The van der Waals surface area contributed by atoms with Crippen LogP contribution >= 0.6 is 0 Å². The van der Waals surface area contributed by atoms with Gasteiger partial charge in [0.05, 0.1) is 0 Å². The molecule has 0 N–H and O–H groups in total. The Morgan fingerprint density at radius 3 is 2.25 bits per heavy atom. The number of nitrogens with zero attached hydrogens (tertiary/aromatic N) is 2. The van der Waals surface area contributed by atoms with E-state index in [9.17, 15) is 14.4 Å². The van der Waals surface area contributed by atoms with Crippen molar-refractivity contribution in [1.29, 1.82) is 0 Å². The highest BCUT2D eigenvalue weighted by molar-refractivity contribution is 5.86. The molecule has 0 aliphatic carbocycles. The SMILES string of the molecule is CC(C)(C)OC(=O)[C@H]1CCCN1C(=O)C1CCN(c2ccc(C=O)cc2)CC1. The molecule has 1 aromatic rings. The molecule has 0 saturated carbocycles. The molecule has 2 fully saturated rings. The van der Waals surface area contributed by atoms with Gasteiger partial charge < -0.3 is 14.5 Å². The van der Waals surface area contributed by atoms with Crippen molar-refractivity contribution in [3.8, 4) is 0 Å². The molecule has 6 heteroatoms. The number of piperidine rings is 1. The number of benzene rings is 1. The van der Waals surface area contributed by atoms with Crippen LogP contribution in [-0.4, -0.2) is 54.3 Å². The van der Waals surface area contributed by atoms with Crippen molar-refractivity contribution in [2.75, 3.05) is 24.5 Å². The molecule has 3 rings (SSSR count). The number of amides is 1. The van der Waals surface area contributed by atoms with Gasteiger partial charge in [-0.25, -0.2) is 4.79 Å². The molecule has 2 aliphatic heterocycles. The van der Waals surface area contributed by atoms with Gasteiger partial charge in [0.1, 0.15) is 17.9 Å². The van der Waals surface area contributed by atoms with Crippen LogP contribution in [0.1, 0.15) is 56.8 Å². The molecule has 0 unspecified atom stereocenters. The number of anilines is 1. The van der Waals surface area contributed by atoms with Crippen molar-refractivity contribution in [3.05, 3.63) is 29.8 Å². The lowest BCUT2D eigenvalue weighted by Gasteiger charge is -2.36. The molecule has 152 valence electrons. The molecule has 1 aromatic carbocycles. The molecule has 6 nitrogen and oxygen atoms in total. The molecule has 1 atom stereocenters. The molecule has 0 bridgehead atoms. The van der Waals surface area contributed by atoms with Crippen LogP contribution in [0, 0.1) is 5.92 Å². The fourth-order valence-electron chi connectivity index (χ4n) is 4.03. The lowest BCUT2D eigenvalue weighted by molar-refractivity contribution is -0.164.